The molecule has 402 valence electrons. The second kappa shape index (κ2) is 22.5. The van der Waals surface area contributed by atoms with Gasteiger partial charge in [0.25, 0.3) is 5.91 Å². The molecule has 6 heterocycles. The van der Waals surface area contributed by atoms with Gasteiger partial charge < -0.3 is 39.4 Å². The minimum Gasteiger partial charge on any atom is -0.497 e. The Morgan fingerprint density at radius 1 is 0.584 bits per heavy atom. The summed E-state index contributed by atoms with van der Waals surface area (Å²) in [5, 5.41) is 22.7. The monoisotopic (exact) mass is 1090 g/mol. The first-order valence-corrected chi connectivity index (χ1v) is 23.6. The number of aryl methyl sites for hydroxylation is 1. The molecule has 0 atom stereocenters. The van der Waals surface area contributed by atoms with E-state index >= 15 is 0 Å². The van der Waals surface area contributed by atoms with Gasteiger partial charge in [0.1, 0.15) is 28.4 Å². The molecule has 2 aromatic carbocycles. The summed E-state index contributed by atoms with van der Waals surface area (Å²) in [6.45, 7) is 1.85. The van der Waals surface area contributed by atoms with Crippen molar-refractivity contribution in [1.82, 2.24) is 54.2 Å². The summed E-state index contributed by atoms with van der Waals surface area (Å²) in [6.07, 6.45) is -1.27. The molecule has 0 saturated carbocycles. The molecular formula is C47H41F6N13O10S. The first kappa shape index (κ1) is 55.1. The summed E-state index contributed by atoms with van der Waals surface area (Å²) in [7, 11) is 3.03. The zero-order valence-corrected chi connectivity index (χ0v) is 41.8. The first-order chi connectivity index (χ1) is 36.4. The van der Waals surface area contributed by atoms with E-state index in [-0.39, 0.29) is 68.7 Å². The van der Waals surface area contributed by atoms with Gasteiger partial charge in [0.15, 0.2) is 23.0 Å². The van der Waals surface area contributed by atoms with Crippen LogP contribution in [0.25, 0.3) is 33.9 Å². The highest BCUT2D eigenvalue weighted by Gasteiger charge is 2.35. The van der Waals surface area contributed by atoms with Gasteiger partial charge in [-0.1, -0.05) is 0 Å². The van der Waals surface area contributed by atoms with E-state index in [9.17, 15) is 49.5 Å². The molecule has 8 aromatic rings. The van der Waals surface area contributed by atoms with Crippen LogP contribution in [0, 0.1) is 6.92 Å². The third-order valence-corrected chi connectivity index (χ3v) is 10.9. The number of anilines is 4. The number of carbonyl (C=O) groups is 2. The van der Waals surface area contributed by atoms with Crippen LogP contribution >= 0.6 is 0 Å². The van der Waals surface area contributed by atoms with Crippen LogP contribution in [0.3, 0.4) is 0 Å². The molecule has 23 nitrogen and oxygen atoms in total. The molecule has 0 spiro atoms. The summed E-state index contributed by atoms with van der Waals surface area (Å²) in [5.74, 6) is -1.26. The van der Waals surface area contributed by atoms with Crippen molar-refractivity contribution in [2.75, 3.05) is 52.4 Å². The molecule has 1 amide bonds. The SMILES string of the molecule is COc1cc(C)cc(Nc2ncc(-c3cnc(OC)c(C(=O)NS(C)(=O)=O)c3)c(-n3ccc(C(F)(F)F)n3)n2)c1.COc1cc(Nc2ncc(-c3cnc(OC)c(C(=O)O)c3)c(-n3ccc(C(F)(F)F)n3)n2)cc(OC)c1. The Bertz CT molecular complexity index is 3590. The summed E-state index contributed by atoms with van der Waals surface area (Å²) in [6, 6.07) is 14.3. The third kappa shape index (κ3) is 13.4. The van der Waals surface area contributed by atoms with Crippen LogP contribution < -0.4 is 39.0 Å². The number of rotatable bonds is 16. The number of halogens is 6. The lowest BCUT2D eigenvalue weighted by atomic mass is 10.1. The molecule has 0 aliphatic carbocycles. The van der Waals surface area contributed by atoms with Crippen molar-refractivity contribution in [2.45, 2.75) is 19.3 Å². The van der Waals surface area contributed by atoms with Crippen molar-refractivity contribution in [3.63, 3.8) is 0 Å². The number of sulfonamides is 1. The normalized spacial score (nSPS) is 11.4. The lowest BCUT2D eigenvalue weighted by molar-refractivity contribution is -0.142. The molecule has 0 aliphatic heterocycles. The smallest absolute Gasteiger partial charge is 0.435 e. The highest BCUT2D eigenvalue weighted by molar-refractivity contribution is 7.89. The summed E-state index contributed by atoms with van der Waals surface area (Å²) in [5.41, 5.74) is -0.215. The average molecular weight is 1090 g/mol. The van der Waals surface area contributed by atoms with Gasteiger partial charge in [-0.2, -0.15) is 46.5 Å². The fourth-order valence-electron chi connectivity index (χ4n) is 6.95. The Labute approximate surface area is 431 Å². The zero-order valence-electron chi connectivity index (χ0n) is 41.0. The minimum absolute atomic E-state index is 0.0121. The Morgan fingerprint density at radius 3 is 1.42 bits per heavy atom. The van der Waals surface area contributed by atoms with Crippen molar-refractivity contribution in [1.29, 1.82) is 0 Å². The van der Waals surface area contributed by atoms with Crippen molar-refractivity contribution in [2.24, 2.45) is 0 Å². The molecule has 6 aromatic heterocycles. The van der Waals surface area contributed by atoms with Crippen LogP contribution in [0.4, 0.5) is 49.6 Å². The molecular weight excluding hydrogens is 1050 g/mol. The quantitative estimate of drug-likeness (QED) is 0.0674. The third-order valence-electron chi connectivity index (χ3n) is 10.3. The van der Waals surface area contributed by atoms with Crippen LogP contribution in [0.5, 0.6) is 29.0 Å². The lowest BCUT2D eigenvalue weighted by Gasteiger charge is -2.14. The van der Waals surface area contributed by atoms with Gasteiger partial charge in [0.05, 0.1) is 41.8 Å². The number of aromatic carboxylic acids is 1. The maximum atomic E-state index is 13.3. The van der Waals surface area contributed by atoms with Crippen LogP contribution in [0.15, 0.2) is 97.8 Å². The standard InChI is InChI=1S/C24H22F3N7O5S.C23H19F3N6O5/c1-13-7-15(10-16(8-13)38-2)30-23-29-12-18(20(31-23)34-6-5-19(32-34)24(25,26)27)14-9-17(22(39-3)28-11-14)21(35)33-40(4,36)37;1-35-14-7-13(8-15(9-14)36-2)29-22-28-11-17(12-6-16(21(33)34)20(37-3)27-10-12)19(30-22)32-5-4-18(31-32)23(24,25)26/h5-12H,1-4H3,(H,33,35)(H,29,30,31);4-11H,1-3H3,(H,33,34)(H,28,29,30). The number of carboxylic acid groups (broad SMARTS) is 1. The highest BCUT2D eigenvalue weighted by atomic mass is 32.2. The number of alkyl halides is 6. The Balaban J connectivity index is 0.000000224. The van der Waals surface area contributed by atoms with E-state index in [0.29, 0.717) is 28.6 Å². The van der Waals surface area contributed by atoms with Gasteiger partial charge in [-0.15, -0.1) is 0 Å². The number of carboxylic acids is 1. The number of hydrogen-bond donors (Lipinski definition) is 4. The molecule has 0 fully saturated rings. The molecule has 0 bridgehead atoms. The predicted molar refractivity (Wildman–Crippen MR) is 261 cm³/mol. The Morgan fingerprint density at radius 2 is 1.01 bits per heavy atom. The van der Waals surface area contributed by atoms with Crippen LogP contribution in [0.1, 0.15) is 37.7 Å². The van der Waals surface area contributed by atoms with E-state index in [0.717, 1.165) is 45.7 Å². The van der Waals surface area contributed by atoms with Gasteiger partial charge in [0, 0.05) is 95.1 Å². The molecule has 4 N–H and O–H groups in total. The number of pyridine rings is 2. The summed E-state index contributed by atoms with van der Waals surface area (Å²) >= 11 is 0. The number of ether oxygens (including phenoxy) is 5. The largest absolute Gasteiger partial charge is 0.497 e. The molecule has 77 heavy (non-hydrogen) atoms. The van der Waals surface area contributed by atoms with Crippen LogP contribution in [-0.2, 0) is 22.4 Å². The first-order valence-electron chi connectivity index (χ1n) is 21.7. The van der Waals surface area contributed by atoms with Gasteiger partial charge in [-0.3, -0.25) is 4.79 Å². The maximum absolute atomic E-state index is 13.3. The minimum atomic E-state index is -4.71. The molecule has 30 heteroatoms. The highest BCUT2D eigenvalue weighted by Crippen LogP contribution is 2.35. The van der Waals surface area contributed by atoms with E-state index in [1.165, 1.54) is 72.5 Å². The maximum Gasteiger partial charge on any atom is 0.435 e. The average Bonchev–Trinajstić information content (AvgIpc) is 4.11. The van der Waals surface area contributed by atoms with Crippen LogP contribution in [-0.4, -0.2) is 117 Å². The number of amides is 1. The van der Waals surface area contributed by atoms with Gasteiger partial charge in [-0.05, 0) is 48.9 Å². The molecule has 0 radical (unpaired) electrons. The van der Waals surface area contributed by atoms with E-state index in [1.54, 1.807) is 36.4 Å². The topological polar surface area (TPSA) is 284 Å². The zero-order chi connectivity index (χ0) is 56.0. The fourth-order valence-corrected chi connectivity index (χ4v) is 7.39. The lowest BCUT2D eigenvalue weighted by Crippen LogP contribution is -2.29. The summed E-state index contributed by atoms with van der Waals surface area (Å²) < 4.78 is 132. The molecule has 0 aliphatic rings. The van der Waals surface area contributed by atoms with Crippen molar-refractivity contribution < 1.29 is 73.1 Å². The number of nitrogens with zero attached hydrogens (tertiary/aromatic N) is 10. The summed E-state index contributed by atoms with van der Waals surface area (Å²) in [4.78, 5) is 49.6. The number of methoxy groups -OCH3 is 5. The second-order valence-corrected chi connectivity index (χ2v) is 17.6. The molecule has 8 rings (SSSR count). The van der Waals surface area contributed by atoms with E-state index in [4.69, 9.17) is 23.7 Å². The second-order valence-electron chi connectivity index (χ2n) is 15.8. The number of hydrogen-bond acceptors (Lipinski definition) is 19. The van der Waals surface area contributed by atoms with Crippen molar-refractivity contribution in [3.8, 4) is 62.9 Å². The van der Waals surface area contributed by atoms with Gasteiger partial charge in [0.2, 0.25) is 33.7 Å². The number of benzene rings is 2. The van der Waals surface area contributed by atoms with E-state index < -0.39 is 45.6 Å². The van der Waals surface area contributed by atoms with E-state index in [1.807, 2.05) is 11.6 Å². The predicted octanol–water partition coefficient (Wildman–Crippen LogP) is 7.71. The Kier molecular flexibility index (Phi) is 16.1. The number of aromatic nitrogens is 10. The molecule has 0 unspecified atom stereocenters. The van der Waals surface area contributed by atoms with Crippen molar-refractivity contribution >= 4 is 45.2 Å². The van der Waals surface area contributed by atoms with E-state index in [2.05, 4.69) is 50.7 Å². The van der Waals surface area contributed by atoms with Gasteiger partial charge >= 0.3 is 18.3 Å². The number of nitrogens with one attached hydrogen (secondary N) is 3. The van der Waals surface area contributed by atoms with Gasteiger partial charge in [-0.25, -0.2) is 47.2 Å². The fraction of sp³-hybridized carbons (Fsp3) is 0.191. The molecule has 0 saturated heterocycles. The Hall–Kier alpha value is -9.61. The number of carbonyl (C=O) groups excluding carboxylic acids is 1. The van der Waals surface area contributed by atoms with Crippen molar-refractivity contribution in [3.05, 3.63) is 126 Å². The van der Waals surface area contributed by atoms with Crippen LogP contribution in [0.2, 0.25) is 0 Å².